The second-order valence-corrected chi connectivity index (χ2v) is 5.85. The summed E-state index contributed by atoms with van der Waals surface area (Å²) in [5, 5.41) is 12.4. The molecule has 1 aromatic rings. The Kier molecular flexibility index (Phi) is 4.33. The van der Waals surface area contributed by atoms with Crippen molar-refractivity contribution in [3.63, 3.8) is 0 Å². The van der Waals surface area contributed by atoms with Gasteiger partial charge in [0.25, 0.3) is 0 Å². The van der Waals surface area contributed by atoms with E-state index in [-0.39, 0.29) is 12.5 Å². The highest BCUT2D eigenvalue weighted by molar-refractivity contribution is 6.31. The molecule has 108 valence electrons. The average molecular weight is 296 g/mol. The summed E-state index contributed by atoms with van der Waals surface area (Å²) in [5.41, 5.74) is 1.31. The van der Waals surface area contributed by atoms with Gasteiger partial charge in [-0.1, -0.05) is 23.7 Å². The first-order valence-corrected chi connectivity index (χ1v) is 7.06. The Balaban J connectivity index is 1.78. The molecule has 0 unspecified atom stereocenters. The van der Waals surface area contributed by atoms with Crippen molar-refractivity contribution in [2.24, 2.45) is 5.41 Å². The first-order valence-electron chi connectivity index (χ1n) is 6.68. The van der Waals surface area contributed by atoms with E-state index in [0.29, 0.717) is 30.7 Å². The SMILES string of the molecule is Cc1ccc(CCC(=O)NCC2(C(=O)O)CC2)cc1Cl. The van der Waals surface area contributed by atoms with Crippen LogP contribution in [0.2, 0.25) is 5.02 Å². The molecule has 1 aliphatic rings. The van der Waals surface area contributed by atoms with E-state index in [2.05, 4.69) is 5.32 Å². The molecule has 2 rings (SSSR count). The number of benzene rings is 1. The van der Waals surface area contributed by atoms with Crippen LogP contribution in [0.3, 0.4) is 0 Å². The van der Waals surface area contributed by atoms with Gasteiger partial charge in [0.05, 0.1) is 5.41 Å². The molecule has 5 heteroatoms. The molecule has 1 fully saturated rings. The summed E-state index contributed by atoms with van der Waals surface area (Å²) in [7, 11) is 0. The minimum atomic E-state index is -0.817. The lowest BCUT2D eigenvalue weighted by Gasteiger charge is -2.11. The predicted octanol–water partition coefficient (Wildman–Crippen LogP) is 2.56. The van der Waals surface area contributed by atoms with Gasteiger partial charge in [-0.2, -0.15) is 0 Å². The van der Waals surface area contributed by atoms with Crippen molar-refractivity contribution in [3.05, 3.63) is 34.3 Å². The van der Waals surface area contributed by atoms with E-state index in [9.17, 15) is 9.59 Å². The first kappa shape index (κ1) is 14.9. The number of carbonyl (C=O) groups is 2. The summed E-state index contributed by atoms with van der Waals surface area (Å²) in [4.78, 5) is 22.7. The molecular weight excluding hydrogens is 278 g/mol. The predicted molar refractivity (Wildman–Crippen MR) is 76.8 cm³/mol. The standard InChI is InChI=1S/C15H18ClNO3/c1-10-2-3-11(8-12(10)16)4-5-13(18)17-9-15(6-7-15)14(19)20/h2-3,8H,4-7,9H2,1H3,(H,17,18)(H,19,20). The van der Waals surface area contributed by atoms with Gasteiger partial charge in [-0.25, -0.2) is 0 Å². The van der Waals surface area contributed by atoms with Crippen LogP contribution in [-0.4, -0.2) is 23.5 Å². The summed E-state index contributed by atoms with van der Waals surface area (Å²) >= 11 is 6.03. The maximum Gasteiger partial charge on any atom is 0.311 e. The third-order valence-electron chi connectivity index (χ3n) is 3.81. The van der Waals surface area contributed by atoms with Crippen LogP contribution in [0, 0.1) is 12.3 Å². The van der Waals surface area contributed by atoms with Gasteiger partial charge in [-0.15, -0.1) is 0 Å². The summed E-state index contributed by atoms with van der Waals surface area (Å²) < 4.78 is 0. The van der Waals surface area contributed by atoms with Crippen LogP contribution in [0.5, 0.6) is 0 Å². The second kappa shape index (κ2) is 5.83. The highest BCUT2D eigenvalue weighted by Crippen LogP contribution is 2.45. The number of nitrogens with one attached hydrogen (secondary N) is 1. The van der Waals surface area contributed by atoms with Crippen LogP contribution >= 0.6 is 11.6 Å². The van der Waals surface area contributed by atoms with Crippen molar-refractivity contribution in [1.82, 2.24) is 5.32 Å². The van der Waals surface area contributed by atoms with Gasteiger partial charge >= 0.3 is 5.97 Å². The normalized spacial score (nSPS) is 15.7. The van der Waals surface area contributed by atoms with Gasteiger partial charge in [0, 0.05) is 18.0 Å². The molecular formula is C15H18ClNO3. The Hall–Kier alpha value is -1.55. The number of carboxylic acid groups (broad SMARTS) is 1. The third-order valence-corrected chi connectivity index (χ3v) is 4.22. The largest absolute Gasteiger partial charge is 0.481 e. The Morgan fingerprint density at radius 2 is 2.10 bits per heavy atom. The lowest BCUT2D eigenvalue weighted by molar-refractivity contribution is -0.143. The molecule has 1 amide bonds. The maximum absolute atomic E-state index is 11.7. The van der Waals surface area contributed by atoms with Crippen molar-refractivity contribution < 1.29 is 14.7 Å². The smallest absolute Gasteiger partial charge is 0.311 e. The Bertz CT molecular complexity index is 538. The number of carboxylic acids is 1. The highest BCUT2D eigenvalue weighted by atomic mass is 35.5. The molecule has 0 saturated heterocycles. The van der Waals surface area contributed by atoms with Gasteiger partial charge in [0.15, 0.2) is 0 Å². The van der Waals surface area contributed by atoms with Crippen LogP contribution in [0.1, 0.15) is 30.4 Å². The molecule has 0 aromatic heterocycles. The molecule has 0 aliphatic heterocycles. The van der Waals surface area contributed by atoms with Crippen molar-refractivity contribution >= 4 is 23.5 Å². The van der Waals surface area contributed by atoms with Crippen molar-refractivity contribution in [2.45, 2.75) is 32.6 Å². The molecule has 1 aliphatic carbocycles. The van der Waals surface area contributed by atoms with E-state index in [1.807, 2.05) is 25.1 Å². The number of aryl methyl sites for hydroxylation is 2. The van der Waals surface area contributed by atoms with E-state index >= 15 is 0 Å². The molecule has 0 bridgehead atoms. The fraction of sp³-hybridized carbons (Fsp3) is 0.467. The summed E-state index contributed by atoms with van der Waals surface area (Å²) in [5.74, 6) is -0.933. The van der Waals surface area contributed by atoms with E-state index in [0.717, 1.165) is 11.1 Å². The molecule has 2 N–H and O–H groups in total. The zero-order valence-corrected chi connectivity index (χ0v) is 12.2. The number of hydrogen-bond acceptors (Lipinski definition) is 2. The Labute approximate surface area is 123 Å². The number of halogens is 1. The highest BCUT2D eigenvalue weighted by Gasteiger charge is 2.50. The lowest BCUT2D eigenvalue weighted by atomic mass is 10.1. The van der Waals surface area contributed by atoms with Crippen molar-refractivity contribution in [1.29, 1.82) is 0 Å². The van der Waals surface area contributed by atoms with Gasteiger partial charge < -0.3 is 10.4 Å². The molecule has 4 nitrogen and oxygen atoms in total. The first-order chi connectivity index (χ1) is 9.43. The number of carbonyl (C=O) groups excluding carboxylic acids is 1. The van der Waals surface area contributed by atoms with Crippen LogP contribution in [0.25, 0.3) is 0 Å². The topological polar surface area (TPSA) is 66.4 Å². The fourth-order valence-corrected chi connectivity index (χ4v) is 2.23. The third kappa shape index (κ3) is 3.51. The van der Waals surface area contributed by atoms with Crippen LogP contribution in [0.4, 0.5) is 0 Å². The summed E-state index contributed by atoms with van der Waals surface area (Å²) in [6.07, 6.45) is 2.24. The quantitative estimate of drug-likeness (QED) is 0.847. The van der Waals surface area contributed by atoms with Crippen LogP contribution in [-0.2, 0) is 16.0 Å². The lowest BCUT2D eigenvalue weighted by Crippen LogP contribution is -2.34. The van der Waals surface area contributed by atoms with E-state index in [1.165, 1.54) is 0 Å². The van der Waals surface area contributed by atoms with Gasteiger partial charge in [0.1, 0.15) is 0 Å². The minimum absolute atomic E-state index is 0.116. The number of amides is 1. The minimum Gasteiger partial charge on any atom is -0.481 e. The van der Waals surface area contributed by atoms with E-state index in [4.69, 9.17) is 16.7 Å². The Morgan fingerprint density at radius 1 is 1.40 bits per heavy atom. The molecule has 0 atom stereocenters. The molecule has 20 heavy (non-hydrogen) atoms. The molecule has 0 radical (unpaired) electrons. The monoisotopic (exact) mass is 295 g/mol. The van der Waals surface area contributed by atoms with Gasteiger partial charge in [-0.05, 0) is 43.4 Å². The Morgan fingerprint density at radius 3 is 2.65 bits per heavy atom. The van der Waals surface area contributed by atoms with Crippen LogP contribution < -0.4 is 5.32 Å². The average Bonchev–Trinajstić information content (AvgIpc) is 3.19. The van der Waals surface area contributed by atoms with Gasteiger partial charge in [-0.3, -0.25) is 9.59 Å². The summed E-state index contributed by atoms with van der Waals surface area (Å²) in [6, 6.07) is 5.75. The van der Waals surface area contributed by atoms with E-state index in [1.54, 1.807) is 0 Å². The zero-order chi connectivity index (χ0) is 14.8. The maximum atomic E-state index is 11.7. The summed E-state index contributed by atoms with van der Waals surface area (Å²) in [6.45, 7) is 2.16. The van der Waals surface area contributed by atoms with Crippen LogP contribution in [0.15, 0.2) is 18.2 Å². The van der Waals surface area contributed by atoms with Gasteiger partial charge in [0.2, 0.25) is 5.91 Å². The number of aliphatic carboxylic acids is 1. The molecule has 0 spiro atoms. The van der Waals surface area contributed by atoms with Crippen molar-refractivity contribution in [2.75, 3.05) is 6.54 Å². The van der Waals surface area contributed by atoms with Crippen molar-refractivity contribution in [3.8, 4) is 0 Å². The zero-order valence-electron chi connectivity index (χ0n) is 11.4. The second-order valence-electron chi connectivity index (χ2n) is 5.45. The number of hydrogen-bond donors (Lipinski definition) is 2. The molecule has 1 saturated carbocycles. The number of rotatable bonds is 6. The fourth-order valence-electron chi connectivity index (χ4n) is 2.02. The molecule has 1 aromatic carbocycles. The molecule has 0 heterocycles. The van der Waals surface area contributed by atoms with E-state index < -0.39 is 11.4 Å².